The number of rotatable bonds is 2. The second-order valence-corrected chi connectivity index (χ2v) is 6.79. The summed E-state index contributed by atoms with van der Waals surface area (Å²) >= 11 is 0. The summed E-state index contributed by atoms with van der Waals surface area (Å²) < 4.78 is 0. The van der Waals surface area contributed by atoms with Crippen LogP contribution in [0.4, 0.5) is 0 Å². The van der Waals surface area contributed by atoms with Gasteiger partial charge in [0, 0.05) is 0 Å². The average molecular weight is 245 g/mol. The molecule has 18 heavy (non-hydrogen) atoms. The second-order valence-electron chi connectivity index (χ2n) is 6.79. The number of hydrogen-bond donors (Lipinski definition) is 1. The molecule has 2 nitrogen and oxygen atoms in total. The molecule has 0 saturated heterocycles. The van der Waals surface area contributed by atoms with Crippen molar-refractivity contribution in [2.45, 2.75) is 57.8 Å². The van der Waals surface area contributed by atoms with Gasteiger partial charge in [0.05, 0.1) is 6.42 Å². The van der Waals surface area contributed by atoms with Crippen molar-refractivity contribution in [1.82, 2.24) is 0 Å². The van der Waals surface area contributed by atoms with Crippen molar-refractivity contribution >= 4 is 5.91 Å². The highest BCUT2D eigenvalue weighted by Gasteiger charge is 2.36. The van der Waals surface area contributed by atoms with E-state index in [0.29, 0.717) is 6.42 Å². The SMILES string of the molecule is CC1(C)CCC(C)(C)c2cc(CC(N)=O)ccc21. The quantitative estimate of drug-likeness (QED) is 0.855. The number of carbonyl (C=O) groups is 1. The first-order valence-electron chi connectivity index (χ1n) is 6.65. The summed E-state index contributed by atoms with van der Waals surface area (Å²) in [6.07, 6.45) is 2.74. The highest BCUT2D eigenvalue weighted by atomic mass is 16.1. The Balaban J connectivity index is 2.51. The molecule has 0 aromatic heterocycles. The molecule has 1 aliphatic rings. The van der Waals surface area contributed by atoms with Crippen molar-refractivity contribution < 1.29 is 4.79 Å². The largest absolute Gasteiger partial charge is 0.369 e. The summed E-state index contributed by atoms with van der Waals surface area (Å²) in [5.41, 5.74) is 9.55. The molecule has 1 aliphatic carbocycles. The van der Waals surface area contributed by atoms with Crippen molar-refractivity contribution in [2.75, 3.05) is 0 Å². The molecule has 0 radical (unpaired) electrons. The lowest BCUT2D eigenvalue weighted by Crippen LogP contribution is -2.34. The van der Waals surface area contributed by atoms with Gasteiger partial charge in [-0.25, -0.2) is 0 Å². The van der Waals surface area contributed by atoms with Gasteiger partial charge in [-0.2, -0.15) is 0 Å². The second kappa shape index (κ2) is 4.11. The van der Waals surface area contributed by atoms with Gasteiger partial charge in [0.25, 0.3) is 0 Å². The van der Waals surface area contributed by atoms with E-state index in [0.717, 1.165) is 5.56 Å². The molecule has 1 aromatic rings. The molecule has 2 rings (SSSR count). The third-order valence-electron chi connectivity index (χ3n) is 4.30. The third kappa shape index (κ3) is 2.29. The van der Waals surface area contributed by atoms with E-state index in [1.54, 1.807) is 0 Å². The van der Waals surface area contributed by atoms with Crippen LogP contribution in [0.5, 0.6) is 0 Å². The Hall–Kier alpha value is -1.31. The van der Waals surface area contributed by atoms with E-state index in [1.165, 1.54) is 24.0 Å². The van der Waals surface area contributed by atoms with Gasteiger partial charge >= 0.3 is 0 Å². The fourth-order valence-electron chi connectivity index (χ4n) is 2.95. The van der Waals surface area contributed by atoms with Crippen molar-refractivity contribution in [3.8, 4) is 0 Å². The van der Waals surface area contributed by atoms with Gasteiger partial charge in [-0.1, -0.05) is 45.9 Å². The van der Waals surface area contributed by atoms with Crippen LogP contribution >= 0.6 is 0 Å². The molecular weight excluding hydrogens is 222 g/mol. The summed E-state index contributed by atoms with van der Waals surface area (Å²) in [6.45, 7) is 9.17. The third-order valence-corrected chi connectivity index (χ3v) is 4.30. The summed E-state index contributed by atoms with van der Waals surface area (Å²) in [7, 11) is 0. The first-order valence-corrected chi connectivity index (χ1v) is 6.65. The predicted octanol–water partition coefficient (Wildman–Crippen LogP) is 3.06. The lowest BCUT2D eigenvalue weighted by atomic mass is 9.63. The minimum atomic E-state index is -0.261. The monoisotopic (exact) mass is 245 g/mol. The molecule has 0 atom stereocenters. The lowest BCUT2D eigenvalue weighted by molar-refractivity contribution is -0.117. The van der Waals surface area contributed by atoms with Crippen LogP contribution in [-0.4, -0.2) is 5.91 Å². The smallest absolute Gasteiger partial charge is 0.221 e. The van der Waals surface area contributed by atoms with Gasteiger partial charge in [0.1, 0.15) is 0 Å². The van der Waals surface area contributed by atoms with Gasteiger partial charge in [-0.05, 0) is 40.4 Å². The first kappa shape index (κ1) is 13.1. The van der Waals surface area contributed by atoms with Crippen LogP contribution in [0.1, 0.15) is 57.2 Å². The number of hydrogen-bond acceptors (Lipinski definition) is 1. The summed E-state index contributed by atoms with van der Waals surface area (Å²) in [4.78, 5) is 11.0. The van der Waals surface area contributed by atoms with Crippen LogP contribution in [0, 0.1) is 0 Å². The van der Waals surface area contributed by atoms with Gasteiger partial charge < -0.3 is 5.73 Å². The topological polar surface area (TPSA) is 43.1 Å². The van der Waals surface area contributed by atoms with Crippen molar-refractivity contribution in [2.24, 2.45) is 5.73 Å². The van der Waals surface area contributed by atoms with Crippen LogP contribution in [0.2, 0.25) is 0 Å². The van der Waals surface area contributed by atoms with Crippen LogP contribution < -0.4 is 5.73 Å². The van der Waals surface area contributed by atoms with E-state index in [4.69, 9.17) is 5.73 Å². The lowest BCUT2D eigenvalue weighted by Gasteiger charge is -2.42. The summed E-state index contributed by atoms with van der Waals surface area (Å²) in [5, 5.41) is 0. The van der Waals surface area contributed by atoms with Crippen LogP contribution in [0.15, 0.2) is 18.2 Å². The van der Waals surface area contributed by atoms with Crippen LogP contribution in [0.3, 0.4) is 0 Å². The zero-order valence-electron chi connectivity index (χ0n) is 11.8. The highest BCUT2D eigenvalue weighted by Crippen LogP contribution is 2.45. The number of carbonyl (C=O) groups excluding carboxylic acids is 1. The van der Waals surface area contributed by atoms with Crippen molar-refractivity contribution in [1.29, 1.82) is 0 Å². The van der Waals surface area contributed by atoms with E-state index in [1.807, 2.05) is 6.07 Å². The molecule has 2 heteroatoms. The van der Waals surface area contributed by atoms with Crippen LogP contribution in [-0.2, 0) is 22.0 Å². The maximum absolute atomic E-state index is 11.0. The molecule has 0 unspecified atom stereocenters. The Bertz CT molecular complexity index is 486. The zero-order valence-corrected chi connectivity index (χ0v) is 11.8. The highest BCUT2D eigenvalue weighted by molar-refractivity contribution is 5.76. The maximum Gasteiger partial charge on any atom is 0.221 e. The molecule has 2 N–H and O–H groups in total. The average Bonchev–Trinajstić information content (AvgIpc) is 2.24. The standard InChI is InChI=1S/C16H23NO/c1-15(2)7-8-16(3,4)13-9-11(10-14(17)18)5-6-12(13)15/h5-6,9H,7-8,10H2,1-4H3,(H2,17,18). The molecular formula is C16H23NO. The Labute approximate surface area is 110 Å². The fourth-order valence-corrected chi connectivity index (χ4v) is 2.95. The van der Waals surface area contributed by atoms with E-state index in [-0.39, 0.29) is 16.7 Å². The van der Waals surface area contributed by atoms with Gasteiger partial charge in [-0.15, -0.1) is 0 Å². The molecule has 1 amide bonds. The normalized spacial score (nSPS) is 20.2. The number of amides is 1. The first-order chi connectivity index (χ1) is 8.22. The van der Waals surface area contributed by atoms with Gasteiger partial charge in [0.15, 0.2) is 0 Å². The Kier molecular flexibility index (Phi) is 3.00. The Morgan fingerprint density at radius 3 is 2.22 bits per heavy atom. The molecule has 1 aromatic carbocycles. The molecule has 0 fully saturated rings. The zero-order chi connectivity index (χ0) is 13.6. The number of nitrogens with two attached hydrogens (primary N) is 1. The predicted molar refractivity (Wildman–Crippen MR) is 74.6 cm³/mol. The number of fused-ring (bicyclic) bond motifs is 1. The molecule has 0 bridgehead atoms. The minimum Gasteiger partial charge on any atom is -0.369 e. The molecule has 0 aliphatic heterocycles. The van der Waals surface area contributed by atoms with E-state index in [9.17, 15) is 4.79 Å². The molecule has 0 heterocycles. The van der Waals surface area contributed by atoms with Crippen molar-refractivity contribution in [3.63, 3.8) is 0 Å². The summed E-state index contributed by atoms with van der Waals surface area (Å²) in [5.74, 6) is -0.261. The maximum atomic E-state index is 11.0. The van der Waals surface area contributed by atoms with Gasteiger partial charge in [0.2, 0.25) is 5.91 Å². The van der Waals surface area contributed by atoms with Crippen molar-refractivity contribution in [3.05, 3.63) is 34.9 Å². The number of benzene rings is 1. The van der Waals surface area contributed by atoms with Crippen LogP contribution in [0.25, 0.3) is 0 Å². The van der Waals surface area contributed by atoms with E-state index in [2.05, 4.69) is 39.8 Å². The molecule has 0 spiro atoms. The minimum absolute atomic E-state index is 0.193. The summed E-state index contributed by atoms with van der Waals surface area (Å²) in [6, 6.07) is 6.42. The molecule has 98 valence electrons. The van der Waals surface area contributed by atoms with E-state index >= 15 is 0 Å². The van der Waals surface area contributed by atoms with Gasteiger partial charge in [-0.3, -0.25) is 4.79 Å². The number of primary amides is 1. The fraction of sp³-hybridized carbons (Fsp3) is 0.562. The molecule has 0 saturated carbocycles. The Morgan fingerprint density at radius 1 is 1.11 bits per heavy atom. The van der Waals surface area contributed by atoms with E-state index < -0.39 is 0 Å². The Morgan fingerprint density at radius 2 is 1.67 bits per heavy atom.